The number of aromatic hydroxyl groups is 1. The van der Waals surface area contributed by atoms with Gasteiger partial charge in [-0.05, 0) is 159 Å². The number of phenols is 1. The molecule has 4 heterocycles. The van der Waals surface area contributed by atoms with Gasteiger partial charge < -0.3 is 110 Å². The van der Waals surface area contributed by atoms with Crippen LogP contribution in [0.5, 0.6) is 5.75 Å². The van der Waals surface area contributed by atoms with E-state index in [-0.39, 0.29) is 75.1 Å². The number of anilines is 1. The number of carboxylic acids is 1. The lowest BCUT2D eigenvalue weighted by Crippen LogP contribution is -2.69. The predicted molar refractivity (Wildman–Crippen MR) is 382 cm³/mol. The number of aldehydes is 1. The first kappa shape index (κ1) is 77.7. The second-order valence-electron chi connectivity index (χ2n) is 31.4. The number of hydrogen-bond donors (Lipinski definition) is 14. The number of phenolic OH excluding ortho intramolecular Hbond substituents is 1. The zero-order chi connectivity index (χ0) is 74.1. The molecule has 0 bridgehead atoms. The number of benzene rings is 3. The van der Waals surface area contributed by atoms with Crippen molar-refractivity contribution in [2.75, 3.05) is 25.1 Å². The Morgan fingerprint density at radius 3 is 2.23 bits per heavy atom. The van der Waals surface area contributed by atoms with E-state index >= 15 is 4.79 Å². The third-order valence-electron chi connectivity index (χ3n) is 24.1. The highest BCUT2D eigenvalue weighted by Crippen LogP contribution is 2.74. The van der Waals surface area contributed by atoms with Gasteiger partial charge >= 0.3 is 11.9 Å². The van der Waals surface area contributed by atoms with Gasteiger partial charge in [-0.15, -0.1) is 0 Å². The van der Waals surface area contributed by atoms with Crippen LogP contribution >= 0.6 is 34.8 Å². The fourth-order valence-electron chi connectivity index (χ4n) is 18.0. The molecule has 560 valence electrons. The van der Waals surface area contributed by atoms with E-state index in [1.807, 2.05) is 27.7 Å². The van der Waals surface area contributed by atoms with Crippen LogP contribution in [0.3, 0.4) is 0 Å². The number of ether oxygens (including phenoxy) is 6. The normalized spacial score (nSPS) is 38.4. The number of fused-ring (bicyclic) bond motifs is 7. The van der Waals surface area contributed by atoms with Crippen molar-refractivity contribution < 1.29 is 108 Å². The maximum absolute atomic E-state index is 15.9. The Hall–Kier alpha value is -5.39. The number of nitrogens with one attached hydrogen (secondary N) is 3. The fraction of sp³-hybridized carbons (Fsp3) is 0.649. The molecule has 9 aliphatic rings. The number of halogens is 1. The number of amides is 1. The van der Waals surface area contributed by atoms with E-state index in [4.69, 9.17) is 45.1 Å². The van der Waals surface area contributed by atoms with Crippen molar-refractivity contribution in [1.82, 2.24) is 10.6 Å². The molecule has 28 heteroatoms. The summed E-state index contributed by atoms with van der Waals surface area (Å²) in [4.78, 5) is 68.0. The molecule has 3 saturated carbocycles. The number of aliphatic hydroxyl groups excluding tert-OH is 9. The Morgan fingerprint density at radius 1 is 0.804 bits per heavy atom. The summed E-state index contributed by atoms with van der Waals surface area (Å²) >= 11 is 7.85. The lowest BCUT2D eigenvalue weighted by Gasteiger charge is -2.70. The molecule has 0 radical (unpaired) electrons. The monoisotopic (exact) mass is 1560 g/mol. The van der Waals surface area contributed by atoms with Crippen molar-refractivity contribution in [3.63, 3.8) is 0 Å². The number of carbonyl (C=O) groups excluding carboxylic acids is 3. The number of carboxylic acid groups (broad SMARTS) is 1. The van der Waals surface area contributed by atoms with Crippen LogP contribution in [0.4, 0.5) is 5.69 Å². The van der Waals surface area contributed by atoms with Gasteiger partial charge in [-0.1, -0.05) is 95.2 Å². The molecule has 24 atom stereocenters. The van der Waals surface area contributed by atoms with Crippen LogP contribution in [0.2, 0.25) is 0 Å². The van der Waals surface area contributed by atoms with Crippen molar-refractivity contribution in [2.45, 2.75) is 235 Å². The lowest BCUT2D eigenvalue weighted by atomic mass is 9.35. The Labute approximate surface area is 610 Å². The third kappa shape index (κ3) is 14.3. The fourth-order valence-corrected chi connectivity index (χ4v) is 20.2. The van der Waals surface area contributed by atoms with Crippen LogP contribution in [-0.2, 0) is 42.8 Å². The van der Waals surface area contributed by atoms with Gasteiger partial charge in [-0.3, -0.25) is 14.4 Å². The molecule has 4 aliphatic heterocycles. The van der Waals surface area contributed by atoms with Gasteiger partial charge in [-0.25, -0.2) is 4.79 Å². The van der Waals surface area contributed by atoms with Crippen molar-refractivity contribution in [3.05, 3.63) is 82.0 Å². The van der Waals surface area contributed by atoms with E-state index in [1.54, 1.807) is 24.3 Å². The van der Waals surface area contributed by atoms with E-state index in [0.29, 0.717) is 92.1 Å². The predicted octanol–water partition coefficient (Wildman–Crippen LogP) is 5.71. The quantitative estimate of drug-likeness (QED) is 0.00736. The number of carbonyl (C=O) groups is 4. The number of thiocarbonyl (C=S) groups is 1. The first-order valence-electron chi connectivity index (χ1n) is 35.3. The van der Waals surface area contributed by atoms with Gasteiger partial charge in [0.1, 0.15) is 77.6 Å². The average molecular weight is 1560 g/mol. The number of aliphatic hydroxyl groups is 9. The topological polar surface area (TPSA) is 412 Å². The molecule has 11 rings (SSSR count). The highest BCUT2D eigenvalue weighted by atomic mass is 127. The largest absolute Gasteiger partial charge is 0.508 e. The number of esters is 1. The van der Waals surface area contributed by atoms with Gasteiger partial charge in [-0.2, -0.15) is 0 Å². The SMILES string of the molecule is CC1O[C@@H](OC2C(O)[C@@H](NC(=O)CCCCCNC(=S)Nc3ccc(-c4c5ccc(=O)cc-5oc5cc(O)ccc45)c(C(=O)O)c3)C(CO)O[C@H]2OC(=O)[C@@]2(CCC(C)(C)C)C(O)CC3(C)C(=CCC4C5(C)CC[C@H](O)C(C)(C=O)C5CCC43C)C2I)C(O)C(O)[C@H]1O[C@@H]1OC[C@@H](O)C(O)C1O. The standard InChI is InChI=1S/C74H98IN3O23S/c1-35-60(99-64-58(90)55(87)44(83)33-95-64)57(89)59(91)65(96-35)100-61-56(88)54(78-52(86)12-10-9-11-27-76-68(102)77-36-13-16-39(42(28-36)63(92)93)53-40-17-14-37(81)29-45(40)97-46-30-38(82)15-18-41(46)53)47(32-79)98-66(61)101-67(94)74(26-25-69(2,3)4)51(85)31-73(8)43(62(74)75)19-20-49-70(5)23-22-50(84)71(6,34-80)48(70)21-24-72(49,73)7/h13-19,28-30,34-35,44,47-51,54-62,64-66,79,81,83-85,87-91H,9-12,20-27,31-33H2,1-8H3,(H,78,86)(H,92,93)(H2,76,77,102)/t35?,44-,47?,48?,49?,50+,51?,54+,55?,56?,57?,58?,59?,60+,61?,62?,64+,65+,66+,70?,71?,72?,73?,74+/m1/s1. The highest BCUT2D eigenvalue weighted by molar-refractivity contribution is 14.1. The number of alkyl halides is 1. The molecular formula is C74H98IN3O23S. The number of hydrogen-bond acceptors (Lipinski definition) is 23. The van der Waals surface area contributed by atoms with Crippen LogP contribution in [-0.4, -0.2) is 207 Å². The summed E-state index contributed by atoms with van der Waals surface area (Å²) in [6.07, 6.45) is -16.0. The van der Waals surface area contributed by atoms with Gasteiger partial charge in [0.2, 0.25) is 12.2 Å². The third-order valence-corrected chi connectivity index (χ3v) is 26.1. The summed E-state index contributed by atoms with van der Waals surface area (Å²) in [5.74, 6) is -2.66. The lowest BCUT2D eigenvalue weighted by molar-refractivity contribution is -0.369. The number of rotatable bonds is 20. The van der Waals surface area contributed by atoms with Crippen LogP contribution in [0.15, 0.2) is 75.5 Å². The second kappa shape index (κ2) is 30.1. The van der Waals surface area contributed by atoms with E-state index in [9.17, 15) is 75.3 Å². The summed E-state index contributed by atoms with van der Waals surface area (Å²) in [6.45, 7) is 15.1. The first-order chi connectivity index (χ1) is 48.0. The maximum Gasteiger partial charge on any atom is 0.336 e. The van der Waals surface area contributed by atoms with Crippen LogP contribution in [0.25, 0.3) is 33.4 Å². The summed E-state index contributed by atoms with van der Waals surface area (Å²) in [5, 5.41) is 133. The molecule has 16 unspecified atom stereocenters. The molecule has 6 fully saturated rings. The molecule has 1 amide bonds. The van der Waals surface area contributed by atoms with Gasteiger partial charge in [0.05, 0.1) is 52.5 Å². The van der Waals surface area contributed by atoms with E-state index < -0.39 is 155 Å². The van der Waals surface area contributed by atoms with E-state index in [1.165, 1.54) is 37.3 Å². The van der Waals surface area contributed by atoms with Crippen LogP contribution in [0, 0.1) is 44.3 Å². The first-order valence-corrected chi connectivity index (χ1v) is 36.9. The highest BCUT2D eigenvalue weighted by Gasteiger charge is 2.71. The summed E-state index contributed by atoms with van der Waals surface area (Å²) in [6, 6.07) is 11.8. The molecule has 26 nitrogen and oxygen atoms in total. The average Bonchev–Trinajstić information content (AvgIpc) is 0.674. The molecule has 0 spiro atoms. The summed E-state index contributed by atoms with van der Waals surface area (Å²) in [5.41, 5.74) is -2.02. The van der Waals surface area contributed by atoms with E-state index in [2.05, 4.69) is 65.4 Å². The Bertz CT molecular complexity index is 3840. The summed E-state index contributed by atoms with van der Waals surface area (Å²) in [7, 11) is 0. The number of allylic oxidation sites excluding steroid dienone is 2. The molecule has 2 aromatic rings. The molecular weight excluding hydrogens is 1460 g/mol. The summed E-state index contributed by atoms with van der Waals surface area (Å²) < 4.78 is 42.0. The Kier molecular flexibility index (Phi) is 22.9. The van der Waals surface area contributed by atoms with Crippen molar-refractivity contribution in [1.29, 1.82) is 0 Å². The van der Waals surface area contributed by atoms with Gasteiger partial charge in [0.15, 0.2) is 29.2 Å². The smallest absolute Gasteiger partial charge is 0.336 e. The Morgan fingerprint density at radius 2 is 1.52 bits per heavy atom. The minimum absolute atomic E-state index is 0.0520. The molecule has 102 heavy (non-hydrogen) atoms. The molecule has 14 N–H and O–H groups in total. The van der Waals surface area contributed by atoms with Crippen LogP contribution in [0.1, 0.15) is 143 Å². The van der Waals surface area contributed by atoms with Gasteiger partial charge in [0.25, 0.3) is 0 Å². The molecule has 3 saturated heterocycles. The number of unbranched alkanes of at least 4 members (excludes halogenated alkanes) is 2. The zero-order valence-electron chi connectivity index (χ0n) is 58.5. The zero-order valence-corrected chi connectivity index (χ0v) is 61.5. The maximum atomic E-state index is 15.9. The van der Waals surface area contributed by atoms with Crippen molar-refractivity contribution >= 4 is 80.7 Å². The van der Waals surface area contributed by atoms with Gasteiger partial charge in [0, 0.05) is 47.3 Å². The molecule has 2 aromatic carbocycles. The molecule has 5 aliphatic carbocycles. The second-order valence-corrected chi connectivity index (χ2v) is 33.1. The Balaban J connectivity index is 0.788. The minimum atomic E-state index is -2.01. The van der Waals surface area contributed by atoms with E-state index in [0.717, 1.165) is 11.9 Å². The molecule has 0 aromatic heterocycles. The number of aromatic carboxylic acids is 1. The minimum Gasteiger partial charge on any atom is -0.508 e. The van der Waals surface area contributed by atoms with Crippen molar-refractivity contribution in [2.24, 2.45) is 44.3 Å². The van der Waals surface area contributed by atoms with Crippen molar-refractivity contribution in [3.8, 4) is 28.2 Å². The van der Waals surface area contributed by atoms with Crippen LogP contribution < -0.4 is 21.4 Å².